The smallest absolute Gasteiger partial charge is 0.334 e. The maximum atomic E-state index is 11.4. The van der Waals surface area contributed by atoms with E-state index in [1.165, 1.54) is 17.7 Å². The lowest BCUT2D eigenvalue weighted by molar-refractivity contribution is -0.383. The van der Waals surface area contributed by atoms with Gasteiger partial charge < -0.3 is 10.6 Å². The third-order valence-electron chi connectivity index (χ3n) is 2.75. The van der Waals surface area contributed by atoms with Crippen molar-refractivity contribution >= 4 is 55.4 Å². The van der Waals surface area contributed by atoms with Crippen molar-refractivity contribution < 1.29 is 4.92 Å². The highest BCUT2D eigenvalue weighted by molar-refractivity contribution is 9.10. The summed E-state index contributed by atoms with van der Waals surface area (Å²) in [7, 11) is 0. The highest BCUT2D eigenvalue weighted by atomic mass is 79.9. The summed E-state index contributed by atoms with van der Waals surface area (Å²) in [4.78, 5) is 22.9. The molecule has 2 heterocycles. The van der Waals surface area contributed by atoms with Crippen LogP contribution in [-0.2, 0) is 0 Å². The standard InChI is InChI=1S/C13H9BrN6O2S/c14-8-2-1-3-9(6-8)18-11-10(20(21)22)12(17-7-16-11)19-13-15-4-5-23-13/h1-7H,(H2,15,16,17,18,19). The number of aromatic nitrogens is 3. The Balaban J connectivity index is 1.98. The van der Waals surface area contributed by atoms with Crippen molar-refractivity contribution in [1.82, 2.24) is 15.0 Å². The van der Waals surface area contributed by atoms with Crippen LogP contribution in [0.1, 0.15) is 0 Å². The van der Waals surface area contributed by atoms with Crippen molar-refractivity contribution in [1.29, 1.82) is 0 Å². The van der Waals surface area contributed by atoms with E-state index in [2.05, 4.69) is 41.5 Å². The SMILES string of the molecule is O=[N+]([O-])c1c(Nc2cccc(Br)c2)ncnc1Nc1nccs1. The topological polar surface area (TPSA) is 106 Å². The Labute approximate surface area is 142 Å². The lowest BCUT2D eigenvalue weighted by Gasteiger charge is -2.09. The lowest BCUT2D eigenvalue weighted by Crippen LogP contribution is -2.05. The van der Waals surface area contributed by atoms with Gasteiger partial charge in [-0.05, 0) is 18.2 Å². The Morgan fingerprint density at radius 1 is 1.17 bits per heavy atom. The van der Waals surface area contributed by atoms with Crippen molar-refractivity contribution in [2.75, 3.05) is 10.6 Å². The van der Waals surface area contributed by atoms with Crippen LogP contribution in [0.3, 0.4) is 0 Å². The molecule has 0 spiro atoms. The average molecular weight is 393 g/mol. The van der Waals surface area contributed by atoms with Gasteiger partial charge in [-0.15, -0.1) is 11.3 Å². The minimum absolute atomic E-state index is 0.0810. The van der Waals surface area contributed by atoms with Gasteiger partial charge in [0.05, 0.1) is 4.92 Å². The number of thiazole rings is 1. The normalized spacial score (nSPS) is 10.3. The van der Waals surface area contributed by atoms with Crippen molar-refractivity contribution in [3.63, 3.8) is 0 Å². The van der Waals surface area contributed by atoms with Crippen molar-refractivity contribution in [3.8, 4) is 0 Å². The molecular formula is C13H9BrN6O2S. The monoisotopic (exact) mass is 392 g/mol. The van der Waals surface area contributed by atoms with E-state index in [1.54, 1.807) is 23.7 Å². The molecule has 0 unspecified atom stereocenters. The molecule has 23 heavy (non-hydrogen) atoms. The van der Waals surface area contributed by atoms with Gasteiger partial charge in [-0.25, -0.2) is 15.0 Å². The molecule has 0 radical (unpaired) electrons. The fourth-order valence-corrected chi connectivity index (χ4v) is 2.75. The van der Waals surface area contributed by atoms with Gasteiger partial charge in [-0.3, -0.25) is 10.1 Å². The van der Waals surface area contributed by atoms with E-state index in [1.807, 2.05) is 12.1 Å². The van der Waals surface area contributed by atoms with E-state index < -0.39 is 4.92 Å². The molecule has 8 nitrogen and oxygen atoms in total. The molecule has 0 aliphatic rings. The van der Waals surface area contributed by atoms with E-state index in [0.29, 0.717) is 10.8 Å². The summed E-state index contributed by atoms with van der Waals surface area (Å²) in [5.41, 5.74) is 0.420. The van der Waals surface area contributed by atoms with Gasteiger partial charge in [-0.1, -0.05) is 22.0 Å². The largest absolute Gasteiger partial charge is 0.353 e. The fourth-order valence-electron chi connectivity index (χ4n) is 1.82. The van der Waals surface area contributed by atoms with Crippen LogP contribution in [0.2, 0.25) is 0 Å². The summed E-state index contributed by atoms with van der Waals surface area (Å²) < 4.78 is 0.848. The van der Waals surface area contributed by atoms with Crippen molar-refractivity contribution in [3.05, 3.63) is 56.8 Å². The second-order valence-corrected chi connectivity index (χ2v) is 6.08. The quantitative estimate of drug-likeness (QED) is 0.497. The van der Waals surface area contributed by atoms with Gasteiger partial charge >= 0.3 is 5.69 Å². The number of hydrogen-bond acceptors (Lipinski definition) is 8. The van der Waals surface area contributed by atoms with Crippen LogP contribution in [0.25, 0.3) is 0 Å². The average Bonchev–Trinajstić information content (AvgIpc) is 3.00. The first-order chi connectivity index (χ1) is 11.1. The van der Waals surface area contributed by atoms with E-state index >= 15 is 0 Å². The van der Waals surface area contributed by atoms with Crippen LogP contribution >= 0.6 is 27.3 Å². The number of anilines is 4. The molecule has 116 valence electrons. The van der Waals surface area contributed by atoms with E-state index in [9.17, 15) is 10.1 Å². The maximum Gasteiger partial charge on any atom is 0.353 e. The molecule has 2 aromatic heterocycles. The predicted molar refractivity (Wildman–Crippen MR) is 91.5 cm³/mol. The minimum atomic E-state index is -0.531. The number of nitrogens with zero attached hydrogens (tertiary/aromatic N) is 4. The van der Waals surface area contributed by atoms with E-state index in [-0.39, 0.29) is 17.3 Å². The van der Waals surface area contributed by atoms with Crippen molar-refractivity contribution in [2.24, 2.45) is 0 Å². The number of halogens is 1. The molecule has 0 amide bonds. The Hall–Kier alpha value is -2.59. The third-order valence-corrected chi connectivity index (χ3v) is 3.93. The maximum absolute atomic E-state index is 11.4. The lowest BCUT2D eigenvalue weighted by atomic mass is 10.3. The first-order valence-corrected chi connectivity index (χ1v) is 7.99. The van der Waals surface area contributed by atoms with Gasteiger partial charge in [0.15, 0.2) is 5.13 Å². The zero-order chi connectivity index (χ0) is 16.2. The van der Waals surface area contributed by atoms with Crippen LogP contribution in [-0.4, -0.2) is 19.9 Å². The van der Waals surface area contributed by atoms with Gasteiger partial charge in [-0.2, -0.15) is 0 Å². The van der Waals surface area contributed by atoms with Gasteiger partial charge in [0.25, 0.3) is 0 Å². The zero-order valence-electron chi connectivity index (χ0n) is 11.4. The second-order valence-electron chi connectivity index (χ2n) is 4.27. The summed E-state index contributed by atoms with van der Waals surface area (Å²) in [6.07, 6.45) is 2.85. The van der Waals surface area contributed by atoms with E-state index in [4.69, 9.17) is 0 Å². The van der Waals surface area contributed by atoms with Crippen LogP contribution < -0.4 is 10.6 Å². The Morgan fingerprint density at radius 2 is 1.96 bits per heavy atom. The molecule has 0 fully saturated rings. The summed E-state index contributed by atoms with van der Waals surface area (Å²) in [5.74, 6) is 0.180. The highest BCUT2D eigenvalue weighted by Gasteiger charge is 2.23. The third kappa shape index (κ3) is 3.60. The number of rotatable bonds is 5. The molecule has 0 atom stereocenters. The summed E-state index contributed by atoms with van der Waals surface area (Å²) in [5, 5.41) is 19.5. The number of hydrogen-bond donors (Lipinski definition) is 2. The predicted octanol–water partition coefficient (Wildman–Crippen LogP) is 4.09. The van der Waals surface area contributed by atoms with Gasteiger partial charge in [0.1, 0.15) is 6.33 Å². The molecule has 3 rings (SSSR count). The summed E-state index contributed by atoms with van der Waals surface area (Å²) in [6, 6.07) is 7.24. The molecule has 2 N–H and O–H groups in total. The van der Waals surface area contributed by atoms with Gasteiger partial charge in [0, 0.05) is 21.7 Å². The molecule has 0 saturated heterocycles. The second kappa shape index (κ2) is 6.67. The molecule has 10 heteroatoms. The molecule has 0 aliphatic heterocycles. The van der Waals surface area contributed by atoms with E-state index in [0.717, 1.165) is 4.47 Å². The Bertz CT molecular complexity index is 842. The van der Waals surface area contributed by atoms with Crippen LogP contribution in [0.5, 0.6) is 0 Å². The first-order valence-electron chi connectivity index (χ1n) is 6.32. The number of nitro groups is 1. The molecule has 0 saturated carbocycles. The van der Waals surface area contributed by atoms with Crippen molar-refractivity contribution in [2.45, 2.75) is 0 Å². The van der Waals surface area contributed by atoms with Crippen LogP contribution in [0.15, 0.2) is 46.6 Å². The minimum Gasteiger partial charge on any atom is -0.334 e. The fraction of sp³-hybridized carbons (Fsp3) is 0. The molecule has 0 aliphatic carbocycles. The van der Waals surface area contributed by atoms with Gasteiger partial charge in [0.2, 0.25) is 11.6 Å². The summed E-state index contributed by atoms with van der Waals surface area (Å²) in [6.45, 7) is 0. The number of benzene rings is 1. The molecule has 0 bridgehead atoms. The highest BCUT2D eigenvalue weighted by Crippen LogP contribution is 2.33. The van der Waals surface area contributed by atoms with Crippen LogP contribution in [0.4, 0.5) is 28.1 Å². The first kappa shape index (κ1) is 15.3. The Morgan fingerprint density at radius 3 is 2.61 bits per heavy atom. The Kier molecular flexibility index (Phi) is 4.44. The molecule has 3 aromatic rings. The summed E-state index contributed by atoms with van der Waals surface area (Å²) >= 11 is 4.67. The molecular weight excluding hydrogens is 384 g/mol. The molecule has 1 aromatic carbocycles. The zero-order valence-corrected chi connectivity index (χ0v) is 13.8. The van der Waals surface area contributed by atoms with Crippen LogP contribution in [0, 0.1) is 10.1 Å². The number of nitrogens with one attached hydrogen (secondary N) is 2.